The number of fused-ring (bicyclic) bond motifs is 1. The second-order valence-corrected chi connectivity index (χ2v) is 8.17. The maximum Gasteiger partial charge on any atom is 0.336 e. The van der Waals surface area contributed by atoms with Crippen molar-refractivity contribution in [2.75, 3.05) is 7.11 Å². The van der Waals surface area contributed by atoms with E-state index in [1.54, 1.807) is 20.1 Å². The summed E-state index contributed by atoms with van der Waals surface area (Å²) in [5.41, 5.74) is 2.21. The summed E-state index contributed by atoms with van der Waals surface area (Å²) in [6.45, 7) is 5.57. The lowest BCUT2D eigenvalue weighted by atomic mass is 9.92. The van der Waals surface area contributed by atoms with Gasteiger partial charge in [0.1, 0.15) is 16.9 Å². The Bertz CT molecular complexity index is 1260. The molecule has 0 unspecified atom stereocenters. The highest BCUT2D eigenvalue weighted by Crippen LogP contribution is 2.29. The number of benzene rings is 2. The molecule has 0 bridgehead atoms. The first-order valence-corrected chi connectivity index (χ1v) is 10.0. The predicted octanol–water partition coefficient (Wildman–Crippen LogP) is 3.47. The van der Waals surface area contributed by atoms with Gasteiger partial charge in [-0.2, -0.15) is 0 Å². The molecule has 3 amide bonds. The van der Waals surface area contributed by atoms with Crippen LogP contribution in [0.4, 0.5) is 4.79 Å². The van der Waals surface area contributed by atoms with Gasteiger partial charge in [0.15, 0.2) is 0 Å². The zero-order valence-corrected chi connectivity index (χ0v) is 17.9. The third-order valence-corrected chi connectivity index (χ3v) is 5.85. The number of ether oxygens (including phenoxy) is 1. The van der Waals surface area contributed by atoms with E-state index >= 15 is 0 Å². The summed E-state index contributed by atoms with van der Waals surface area (Å²) in [5.74, 6) is 0.301. The molecule has 1 fully saturated rings. The Balaban J connectivity index is 1.68. The Morgan fingerprint density at radius 2 is 1.74 bits per heavy atom. The number of carbonyl (C=O) groups excluding carboxylic acids is 2. The summed E-state index contributed by atoms with van der Waals surface area (Å²) < 4.78 is 10.7. The number of nitrogens with one attached hydrogen (secondary N) is 1. The van der Waals surface area contributed by atoms with Gasteiger partial charge in [-0.1, -0.05) is 18.2 Å². The zero-order chi connectivity index (χ0) is 22.3. The van der Waals surface area contributed by atoms with Crippen molar-refractivity contribution in [2.24, 2.45) is 0 Å². The van der Waals surface area contributed by atoms with Crippen molar-refractivity contribution in [3.05, 3.63) is 75.1 Å². The van der Waals surface area contributed by atoms with E-state index in [4.69, 9.17) is 9.15 Å². The van der Waals surface area contributed by atoms with Crippen LogP contribution in [0.3, 0.4) is 0 Å². The SMILES string of the molecule is COc1ccccc1C[C@@]1(C)NC(=O)N(Cc2cc(=O)oc3cc(C)c(C)cc23)C1=O. The van der Waals surface area contributed by atoms with Gasteiger partial charge in [0.05, 0.1) is 13.7 Å². The predicted molar refractivity (Wildman–Crippen MR) is 116 cm³/mol. The van der Waals surface area contributed by atoms with Crippen molar-refractivity contribution in [2.45, 2.75) is 39.3 Å². The van der Waals surface area contributed by atoms with Gasteiger partial charge >= 0.3 is 11.7 Å². The molecule has 0 saturated carbocycles. The summed E-state index contributed by atoms with van der Waals surface area (Å²) >= 11 is 0. The number of hydrogen-bond donors (Lipinski definition) is 1. The number of methoxy groups -OCH3 is 1. The quantitative estimate of drug-likeness (QED) is 0.504. The van der Waals surface area contributed by atoms with Gasteiger partial charge in [-0.15, -0.1) is 0 Å². The maximum atomic E-state index is 13.3. The van der Waals surface area contributed by atoms with Gasteiger partial charge in [0.2, 0.25) is 0 Å². The standard InChI is InChI=1S/C24H24N2O5/c1-14-9-18-17(11-21(27)31-20(18)10-15(14)2)13-26-22(28)24(3,25-23(26)29)12-16-7-5-6-8-19(16)30-4/h5-11H,12-13H2,1-4H3,(H,25,29)/t24-/m1/s1. The van der Waals surface area contributed by atoms with Crippen LogP contribution in [-0.4, -0.2) is 29.5 Å². The fourth-order valence-corrected chi connectivity index (χ4v) is 4.02. The average Bonchev–Trinajstić information content (AvgIpc) is 2.92. The molecule has 31 heavy (non-hydrogen) atoms. The summed E-state index contributed by atoms with van der Waals surface area (Å²) in [7, 11) is 1.57. The van der Waals surface area contributed by atoms with E-state index in [1.807, 2.05) is 44.2 Å². The molecule has 1 saturated heterocycles. The van der Waals surface area contributed by atoms with E-state index in [0.717, 1.165) is 21.6 Å². The number of aryl methyl sites for hydroxylation is 2. The molecular weight excluding hydrogens is 396 g/mol. The summed E-state index contributed by atoms with van der Waals surface area (Å²) in [5, 5.41) is 3.52. The number of nitrogens with zero attached hydrogens (tertiary/aromatic N) is 1. The molecule has 3 aromatic rings. The number of hydrogen-bond acceptors (Lipinski definition) is 5. The highest BCUT2D eigenvalue weighted by molar-refractivity contribution is 6.07. The number of rotatable bonds is 5. The minimum atomic E-state index is -1.12. The van der Waals surface area contributed by atoms with Crippen molar-refractivity contribution < 1.29 is 18.7 Å². The highest BCUT2D eigenvalue weighted by atomic mass is 16.5. The molecule has 2 heterocycles. The molecule has 0 spiro atoms. The largest absolute Gasteiger partial charge is 0.496 e. The minimum absolute atomic E-state index is 0.0171. The van der Waals surface area contributed by atoms with E-state index in [9.17, 15) is 14.4 Å². The second kappa shape index (κ2) is 7.58. The van der Waals surface area contributed by atoms with E-state index in [0.29, 0.717) is 22.3 Å². The molecule has 0 aliphatic carbocycles. The number of urea groups is 1. The molecule has 1 aliphatic heterocycles. The molecule has 1 N–H and O–H groups in total. The molecule has 1 aliphatic rings. The minimum Gasteiger partial charge on any atom is -0.496 e. The van der Waals surface area contributed by atoms with E-state index < -0.39 is 17.2 Å². The van der Waals surface area contributed by atoms with Gasteiger partial charge in [-0.25, -0.2) is 9.59 Å². The third kappa shape index (κ3) is 3.67. The van der Waals surface area contributed by atoms with Crippen molar-refractivity contribution in [1.82, 2.24) is 10.2 Å². The second-order valence-electron chi connectivity index (χ2n) is 8.17. The average molecular weight is 420 g/mol. The van der Waals surface area contributed by atoms with Crippen LogP contribution in [0.15, 0.2) is 51.7 Å². The van der Waals surface area contributed by atoms with Gasteiger partial charge in [-0.05, 0) is 61.2 Å². The number of imide groups is 1. The van der Waals surface area contributed by atoms with E-state index in [1.165, 1.54) is 6.07 Å². The lowest BCUT2D eigenvalue weighted by Crippen LogP contribution is -2.46. The molecule has 0 radical (unpaired) electrons. The van der Waals surface area contributed by atoms with Crippen molar-refractivity contribution in [3.63, 3.8) is 0 Å². The fraction of sp³-hybridized carbons (Fsp3) is 0.292. The zero-order valence-electron chi connectivity index (χ0n) is 17.9. The van der Waals surface area contributed by atoms with Crippen molar-refractivity contribution >= 4 is 22.9 Å². The highest BCUT2D eigenvalue weighted by Gasteiger charge is 2.48. The van der Waals surface area contributed by atoms with Crippen LogP contribution in [0.5, 0.6) is 5.75 Å². The Morgan fingerprint density at radius 3 is 2.48 bits per heavy atom. The molecule has 7 nitrogen and oxygen atoms in total. The molecule has 2 aromatic carbocycles. The first kappa shape index (κ1) is 20.7. The molecule has 4 rings (SSSR count). The van der Waals surface area contributed by atoms with Gasteiger partial charge < -0.3 is 14.5 Å². The van der Waals surface area contributed by atoms with E-state index in [-0.39, 0.29) is 18.9 Å². The van der Waals surface area contributed by atoms with Crippen LogP contribution in [0.2, 0.25) is 0 Å². The Labute approximate surface area is 179 Å². The van der Waals surface area contributed by atoms with Crippen LogP contribution < -0.4 is 15.7 Å². The van der Waals surface area contributed by atoms with Gasteiger partial charge in [-0.3, -0.25) is 9.69 Å². The Morgan fingerprint density at radius 1 is 1.03 bits per heavy atom. The van der Waals surface area contributed by atoms with Gasteiger partial charge in [0, 0.05) is 17.9 Å². The van der Waals surface area contributed by atoms with E-state index in [2.05, 4.69) is 5.32 Å². The molecular formula is C24H24N2O5. The van der Waals surface area contributed by atoms with Crippen LogP contribution in [-0.2, 0) is 17.8 Å². The lowest BCUT2D eigenvalue weighted by Gasteiger charge is -2.23. The fourth-order valence-electron chi connectivity index (χ4n) is 4.02. The molecule has 7 heteroatoms. The van der Waals surface area contributed by atoms with Crippen LogP contribution >= 0.6 is 0 Å². The van der Waals surface area contributed by atoms with Crippen LogP contribution in [0.1, 0.15) is 29.2 Å². The number of para-hydroxylation sites is 1. The number of amides is 3. The Kier molecular flexibility index (Phi) is 5.05. The third-order valence-electron chi connectivity index (χ3n) is 5.85. The maximum absolute atomic E-state index is 13.3. The molecule has 160 valence electrons. The molecule has 1 atom stereocenters. The molecule has 1 aromatic heterocycles. The van der Waals surface area contributed by atoms with Crippen molar-refractivity contribution in [3.8, 4) is 5.75 Å². The smallest absolute Gasteiger partial charge is 0.336 e. The first-order chi connectivity index (χ1) is 14.7. The van der Waals surface area contributed by atoms with Crippen molar-refractivity contribution in [1.29, 1.82) is 0 Å². The normalized spacial score (nSPS) is 18.5. The lowest BCUT2D eigenvalue weighted by molar-refractivity contribution is -0.131. The topological polar surface area (TPSA) is 88.8 Å². The van der Waals surface area contributed by atoms with Gasteiger partial charge in [0.25, 0.3) is 5.91 Å². The summed E-state index contributed by atoms with van der Waals surface area (Å²) in [4.78, 5) is 39.3. The number of carbonyl (C=O) groups is 2. The van der Waals surface area contributed by atoms with Crippen LogP contribution in [0.25, 0.3) is 11.0 Å². The Hall–Kier alpha value is -3.61. The summed E-state index contributed by atoms with van der Waals surface area (Å²) in [6.07, 6.45) is 0.286. The van der Waals surface area contributed by atoms with Crippen LogP contribution in [0, 0.1) is 13.8 Å². The summed E-state index contributed by atoms with van der Waals surface area (Å²) in [6, 6.07) is 12.0. The first-order valence-electron chi connectivity index (χ1n) is 10.0. The monoisotopic (exact) mass is 420 g/mol.